The number of nitrogens with zero attached hydrogens (tertiary/aromatic N) is 2. The number of anilines is 1. The van der Waals surface area contributed by atoms with Crippen LogP contribution in [-0.4, -0.2) is 41.0 Å². The van der Waals surface area contributed by atoms with Gasteiger partial charge in [-0.1, -0.05) is 0 Å². The predicted octanol–water partition coefficient (Wildman–Crippen LogP) is 2.21. The predicted molar refractivity (Wildman–Crippen MR) is 70.2 cm³/mol. The molecule has 3 rings (SSSR count). The fourth-order valence-electron chi connectivity index (χ4n) is 2.53. The monoisotopic (exact) mass is 248 g/mol. The molecule has 0 radical (unpaired) electrons. The standard InChI is InChI=1S/C13H17FN4/c1-18-6-2-3-10(8-18)15-13-16-11-5-4-9(14)7-12(11)17-13/h4-5,7,10H,2-3,6,8H2,1H3,(H2,15,16,17). The maximum Gasteiger partial charge on any atom is 0.201 e. The van der Waals surface area contributed by atoms with Crippen LogP contribution in [0.25, 0.3) is 11.0 Å². The molecule has 2 heterocycles. The van der Waals surface area contributed by atoms with Crippen LogP contribution in [0.15, 0.2) is 18.2 Å². The first-order valence-corrected chi connectivity index (χ1v) is 6.31. The Kier molecular flexibility index (Phi) is 2.91. The molecule has 0 spiro atoms. The highest BCUT2D eigenvalue weighted by Crippen LogP contribution is 2.18. The van der Waals surface area contributed by atoms with E-state index in [4.69, 9.17) is 0 Å². The van der Waals surface area contributed by atoms with Crippen molar-refractivity contribution in [3.05, 3.63) is 24.0 Å². The van der Waals surface area contributed by atoms with E-state index < -0.39 is 0 Å². The Labute approximate surface area is 105 Å². The molecular weight excluding hydrogens is 231 g/mol. The summed E-state index contributed by atoms with van der Waals surface area (Å²) in [6.07, 6.45) is 2.35. The van der Waals surface area contributed by atoms with Crippen molar-refractivity contribution in [1.29, 1.82) is 0 Å². The first-order chi connectivity index (χ1) is 8.70. The highest BCUT2D eigenvalue weighted by atomic mass is 19.1. The Hall–Kier alpha value is -1.62. The van der Waals surface area contributed by atoms with Gasteiger partial charge in [0.15, 0.2) is 0 Å². The van der Waals surface area contributed by atoms with Gasteiger partial charge in [-0.2, -0.15) is 0 Å². The summed E-state index contributed by atoms with van der Waals surface area (Å²) >= 11 is 0. The van der Waals surface area contributed by atoms with Gasteiger partial charge in [0.05, 0.1) is 11.0 Å². The Bertz CT molecular complexity index is 551. The number of fused-ring (bicyclic) bond motifs is 1. The molecular formula is C13H17FN4. The molecule has 1 aliphatic rings. The number of likely N-dealkylation sites (N-methyl/N-ethyl adjacent to an activating group) is 1. The Morgan fingerprint density at radius 3 is 3.22 bits per heavy atom. The maximum absolute atomic E-state index is 13.1. The number of aromatic amines is 1. The van der Waals surface area contributed by atoms with E-state index in [-0.39, 0.29) is 5.82 Å². The van der Waals surface area contributed by atoms with Crippen LogP contribution < -0.4 is 5.32 Å². The average molecular weight is 248 g/mol. The summed E-state index contributed by atoms with van der Waals surface area (Å²) < 4.78 is 13.1. The second-order valence-corrected chi connectivity index (χ2v) is 4.99. The van der Waals surface area contributed by atoms with Crippen LogP contribution in [0.2, 0.25) is 0 Å². The molecule has 2 N–H and O–H groups in total. The van der Waals surface area contributed by atoms with Gasteiger partial charge in [-0.15, -0.1) is 0 Å². The topological polar surface area (TPSA) is 44.0 Å². The van der Waals surface area contributed by atoms with E-state index >= 15 is 0 Å². The van der Waals surface area contributed by atoms with Crippen LogP contribution in [0.5, 0.6) is 0 Å². The first-order valence-electron chi connectivity index (χ1n) is 6.31. The molecule has 4 nitrogen and oxygen atoms in total. The normalized spacial score (nSPS) is 21.3. The van der Waals surface area contributed by atoms with Crippen molar-refractivity contribution in [3.63, 3.8) is 0 Å². The first kappa shape index (κ1) is 11.5. The Morgan fingerprint density at radius 2 is 2.39 bits per heavy atom. The average Bonchev–Trinajstić information content (AvgIpc) is 2.70. The minimum atomic E-state index is -0.241. The lowest BCUT2D eigenvalue weighted by molar-refractivity contribution is 0.260. The van der Waals surface area contributed by atoms with E-state index in [2.05, 4.69) is 27.2 Å². The van der Waals surface area contributed by atoms with E-state index in [9.17, 15) is 4.39 Å². The minimum Gasteiger partial charge on any atom is -0.352 e. The molecule has 1 saturated heterocycles. The number of likely N-dealkylation sites (tertiary alicyclic amines) is 1. The molecule has 1 unspecified atom stereocenters. The SMILES string of the molecule is CN1CCCC(Nc2nc3ccc(F)cc3[nH]2)C1. The van der Waals surface area contributed by atoms with Crippen LogP contribution in [0.4, 0.5) is 10.3 Å². The van der Waals surface area contributed by atoms with Gasteiger partial charge < -0.3 is 15.2 Å². The van der Waals surface area contributed by atoms with Crippen molar-refractivity contribution >= 4 is 17.0 Å². The van der Waals surface area contributed by atoms with Crippen LogP contribution >= 0.6 is 0 Å². The van der Waals surface area contributed by atoms with E-state index in [1.54, 1.807) is 6.07 Å². The Morgan fingerprint density at radius 1 is 1.50 bits per heavy atom. The molecule has 0 saturated carbocycles. The van der Waals surface area contributed by atoms with E-state index in [0.29, 0.717) is 6.04 Å². The van der Waals surface area contributed by atoms with E-state index in [1.807, 2.05) is 0 Å². The van der Waals surface area contributed by atoms with Gasteiger partial charge >= 0.3 is 0 Å². The van der Waals surface area contributed by atoms with Crippen molar-refractivity contribution < 1.29 is 4.39 Å². The third kappa shape index (κ3) is 2.31. The van der Waals surface area contributed by atoms with Crippen LogP contribution in [0.1, 0.15) is 12.8 Å². The molecule has 1 aromatic heterocycles. The molecule has 0 amide bonds. The zero-order valence-electron chi connectivity index (χ0n) is 10.4. The molecule has 0 aliphatic carbocycles. The van der Waals surface area contributed by atoms with Crippen molar-refractivity contribution in [2.45, 2.75) is 18.9 Å². The van der Waals surface area contributed by atoms with Crippen molar-refractivity contribution in [1.82, 2.24) is 14.9 Å². The van der Waals surface area contributed by atoms with Crippen molar-refractivity contribution in [2.75, 3.05) is 25.5 Å². The number of aromatic nitrogens is 2. The van der Waals surface area contributed by atoms with Gasteiger partial charge in [0.2, 0.25) is 5.95 Å². The molecule has 5 heteroatoms. The quantitative estimate of drug-likeness (QED) is 0.856. The maximum atomic E-state index is 13.1. The number of H-pyrrole nitrogens is 1. The summed E-state index contributed by atoms with van der Waals surface area (Å²) in [5, 5.41) is 3.39. The largest absolute Gasteiger partial charge is 0.352 e. The fraction of sp³-hybridized carbons (Fsp3) is 0.462. The molecule has 96 valence electrons. The molecule has 0 bridgehead atoms. The van der Waals surface area contributed by atoms with Crippen LogP contribution in [0, 0.1) is 5.82 Å². The van der Waals surface area contributed by atoms with E-state index in [1.165, 1.54) is 18.6 Å². The zero-order valence-corrected chi connectivity index (χ0v) is 10.4. The summed E-state index contributed by atoms with van der Waals surface area (Å²) in [4.78, 5) is 9.85. The molecule has 1 aliphatic heterocycles. The number of nitrogens with one attached hydrogen (secondary N) is 2. The molecule has 1 fully saturated rings. The van der Waals surface area contributed by atoms with Gasteiger partial charge in [0.25, 0.3) is 0 Å². The second-order valence-electron chi connectivity index (χ2n) is 4.99. The zero-order chi connectivity index (χ0) is 12.5. The molecule has 2 aromatic rings. The van der Waals surface area contributed by atoms with Crippen molar-refractivity contribution in [3.8, 4) is 0 Å². The minimum absolute atomic E-state index is 0.241. The number of halogens is 1. The molecule has 1 atom stereocenters. The summed E-state index contributed by atoms with van der Waals surface area (Å²) in [6.45, 7) is 2.18. The lowest BCUT2D eigenvalue weighted by Gasteiger charge is -2.29. The summed E-state index contributed by atoms with van der Waals surface area (Å²) in [5.41, 5.74) is 1.53. The van der Waals surface area contributed by atoms with Gasteiger partial charge in [0, 0.05) is 12.6 Å². The number of rotatable bonds is 2. The number of hydrogen-bond donors (Lipinski definition) is 2. The number of piperidine rings is 1. The summed E-state index contributed by atoms with van der Waals surface area (Å²) in [6, 6.07) is 5.01. The van der Waals surface area contributed by atoms with Crippen molar-refractivity contribution in [2.24, 2.45) is 0 Å². The lowest BCUT2D eigenvalue weighted by Crippen LogP contribution is -2.39. The van der Waals surface area contributed by atoms with Crippen LogP contribution in [0.3, 0.4) is 0 Å². The van der Waals surface area contributed by atoms with Gasteiger partial charge in [-0.05, 0) is 44.6 Å². The summed E-state index contributed by atoms with van der Waals surface area (Å²) in [5.74, 6) is 0.492. The van der Waals surface area contributed by atoms with Gasteiger partial charge in [0.1, 0.15) is 5.82 Å². The van der Waals surface area contributed by atoms with Gasteiger partial charge in [-0.25, -0.2) is 9.37 Å². The second kappa shape index (κ2) is 4.57. The summed E-state index contributed by atoms with van der Waals surface area (Å²) in [7, 11) is 2.13. The fourth-order valence-corrected chi connectivity index (χ4v) is 2.53. The van der Waals surface area contributed by atoms with Gasteiger partial charge in [-0.3, -0.25) is 0 Å². The number of hydrogen-bond acceptors (Lipinski definition) is 3. The molecule has 1 aromatic carbocycles. The third-order valence-corrected chi connectivity index (χ3v) is 3.41. The van der Waals surface area contributed by atoms with E-state index in [0.717, 1.165) is 36.5 Å². The highest BCUT2D eigenvalue weighted by molar-refractivity contribution is 5.77. The Balaban J connectivity index is 1.78. The van der Waals surface area contributed by atoms with Crippen LogP contribution in [-0.2, 0) is 0 Å². The lowest BCUT2D eigenvalue weighted by atomic mass is 10.1. The molecule has 18 heavy (non-hydrogen) atoms. The number of benzene rings is 1. The number of imidazole rings is 1. The highest BCUT2D eigenvalue weighted by Gasteiger charge is 2.17. The third-order valence-electron chi connectivity index (χ3n) is 3.41. The smallest absolute Gasteiger partial charge is 0.201 e.